The second-order valence-electron chi connectivity index (χ2n) is 9.10. The first kappa shape index (κ1) is 26.2. The number of halogens is 1. The van der Waals surface area contributed by atoms with Gasteiger partial charge in [0, 0.05) is 25.9 Å². The molecule has 0 aliphatic carbocycles. The number of aryl methyl sites for hydroxylation is 1. The third-order valence-electron chi connectivity index (χ3n) is 5.99. The van der Waals surface area contributed by atoms with Gasteiger partial charge in [0.1, 0.15) is 17.8 Å². The number of hydrogen-bond acceptors (Lipinski definition) is 4. The Morgan fingerprint density at radius 3 is 2.26 bits per heavy atom. The average Bonchev–Trinajstić information content (AvgIpc) is 2.87. The van der Waals surface area contributed by atoms with Gasteiger partial charge in [-0.2, -0.15) is 5.26 Å². The van der Waals surface area contributed by atoms with E-state index in [0.29, 0.717) is 39.1 Å². The quantitative estimate of drug-likeness (QED) is 0.545. The van der Waals surface area contributed by atoms with Crippen LogP contribution in [0.1, 0.15) is 30.9 Å². The van der Waals surface area contributed by atoms with Gasteiger partial charge >= 0.3 is 6.03 Å². The number of nitriles is 1. The van der Waals surface area contributed by atoms with Gasteiger partial charge in [0.25, 0.3) is 0 Å². The number of alkyl halides is 1. The highest BCUT2D eigenvalue weighted by Crippen LogP contribution is 2.24. The van der Waals surface area contributed by atoms with Crippen molar-refractivity contribution in [3.8, 4) is 6.07 Å². The Morgan fingerprint density at radius 1 is 1.06 bits per heavy atom. The van der Waals surface area contributed by atoms with Crippen molar-refractivity contribution < 1.29 is 18.7 Å². The average molecular weight is 481 g/mol. The molecule has 1 saturated heterocycles. The van der Waals surface area contributed by atoms with Crippen LogP contribution in [-0.4, -0.2) is 60.9 Å². The Bertz CT molecular complexity index is 988. The van der Waals surface area contributed by atoms with E-state index in [2.05, 4.69) is 16.7 Å². The van der Waals surface area contributed by atoms with Crippen molar-refractivity contribution in [2.45, 2.75) is 50.4 Å². The van der Waals surface area contributed by atoms with E-state index in [0.717, 1.165) is 11.1 Å². The van der Waals surface area contributed by atoms with Crippen LogP contribution in [-0.2, 0) is 22.4 Å². The van der Waals surface area contributed by atoms with Crippen LogP contribution in [0, 0.1) is 11.3 Å². The fourth-order valence-electron chi connectivity index (χ4n) is 4.13. The molecule has 1 heterocycles. The number of morpholine rings is 1. The molecule has 186 valence electrons. The van der Waals surface area contributed by atoms with Crippen molar-refractivity contribution >= 4 is 11.9 Å². The van der Waals surface area contributed by atoms with Crippen molar-refractivity contribution in [1.29, 1.82) is 5.26 Å². The summed E-state index contributed by atoms with van der Waals surface area (Å²) in [5.74, 6) is -0.567. The Morgan fingerprint density at radius 2 is 1.66 bits per heavy atom. The minimum atomic E-state index is -1.76. The van der Waals surface area contributed by atoms with Crippen molar-refractivity contribution in [3.05, 3.63) is 71.8 Å². The molecule has 1 aliphatic heterocycles. The van der Waals surface area contributed by atoms with Crippen LogP contribution in [0.15, 0.2) is 60.7 Å². The molecule has 3 atom stereocenters. The van der Waals surface area contributed by atoms with Crippen LogP contribution in [0.3, 0.4) is 0 Å². The lowest BCUT2D eigenvalue weighted by atomic mass is 9.91. The lowest BCUT2D eigenvalue weighted by Crippen LogP contribution is -2.56. The Hall–Kier alpha value is -3.44. The normalized spacial score (nSPS) is 16.9. The molecule has 0 aromatic heterocycles. The molecule has 2 unspecified atom stereocenters. The zero-order valence-electron chi connectivity index (χ0n) is 20.1. The summed E-state index contributed by atoms with van der Waals surface area (Å²) in [6.07, 6.45) is 0.896. The molecular formula is C27H33FN4O3. The maximum Gasteiger partial charge on any atom is 0.318 e. The Labute approximate surface area is 206 Å². The fraction of sp³-hybridized carbons (Fsp3) is 0.444. The number of carbonyl (C=O) groups is 2. The summed E-state index contributed by atoms with van der Waals surface area (Å²) in [5, 5.41) is 15.0. The van der Waals surface area contributed by atoms with Crippen molar-refractivity contribution in [1.82, 2.24) is 15.5 Å². The minimum Gasteiger partial charge on any atom is -0.378 e. The molecule has 35 heavy (non-hydrogen) atoms. The maximum absolute atomic E-state index is 15.6. The van der Waals surface area contributed by atoms with Crippen LogP contribution in [0.4, 0.5) is 9.18 Å². The van der Waals surface area contributed by atoms with Gasteiger partial charge in [-0.3, -0.25) is 4.79 Å². The van der Waals surface area contributed by atoms with E-state index in [9.17, 15) is 14.9 Å². The molecule has 2 N–H and O–H groups in total. The summed E-state index contributed by atoms with van der Waals surface area (Å²) >= 11 is 0. The number of hydrogen-bond donors (Lipinski definition) is 2. The lowest BCUT2D eigenvalue weighted by molar-refractivity contribution is -0.124. The number of ether oxygens (including phenoxy) is 1. The summed E-state index contributed by atoms with van der Waals surface area (Å²) < 4.78 is 20.9. The van der Waals surface area contributed by atoms with Gasteiger partial charge in [0.15, 0.2) is 0 Å². The summed E-state index contributed by atoms with van der Waals surface area (Å²) in [6.45, 7) is 3.05. The van der Waals surface area contributed by atoms with E-state index in [-0.39, 0.29) is 12.8 Å². The van der Waals surface area contributed by atoms with E-state index in [1.165, 1.54) is 6.92 Å². The molecule has 2 aromatic carbocycles. The summed E-state index contributed by atoms with van der Waals surface area (Å²) in [6, 6.07) is 18.6. The van der Waals surface area contributed by atoms with Crippen LogP contribution in [0.5, 0.6) is 0 Å². The Balaban J connectivity index is 1.68. The SMILES string of the molecule is CC(F)(Cc1ccccc1)CC(NC(=O)N1CCOCC1)C(=O)N[C@H](C#N)CCc1ccccc1. The van der Waals surface area contributed by atoms with Gasteiger partial charge in [-0.05, 0) is 30.9 Å². The molecule has 2 aromatic rings. The van der Waals surface area contributed by atoms with Gasteiger partial charge in [-0.15, -0.1) is 0 Å². The molecule has 0 bridgehead atoms. The van der Waals surface area contributed by atoms with Crippen LogP contribution in [0.2, 0.25) is 0 Å². The second kappa shape index (κ2) is 12.9. The highest BCUT2D eigenvalue weighted by atomic mass is 19.1. The second-order valence-corrected chi connectivity index (χ2v) is 9.10. The van der Waals surface area contributed by atoms with Gasteiger partial charge in [-0.1, -0.05) is 60.7 Å². The number of amides is 3. The standard InChI is InChI=1S/C27H33FN4O3/c1-27(28,18-22-10-6-3-7-11-22)19-24(31-26(34)32-14-16-35-17-15-32)25(33)30-23(20-29)13-12-21-8-4-2-5-9-21/h2-11,23-24H,12-19H2,1H3,(H,30,33)(H,31,34)/t23-,24?,27?/m0/s1. The third kappa shape index (κ3) is 8.69. The molecule has 0 spiro atoms. The smallest absolute Gasteiger partial charge is 0.318 e. The predicted octanol–water partition coefficient (Wildman–Crippen LogP) is 3.40. The molecule has 3 amide bonds. The highest BCUT2D eigenvalue weighted by molar-refractivity contribution is 5.87. The summed E-state index contributed by atoms with van der Waals surface area (Å²) in [4.78, 5) is 27.5. The van der Waals surface area contributed by atoms with Gasteiger partial charge < -0.3 is 20.3 Å². The Kier molecular flexibility index (Phi) is 9.62. The van der Waals surface area contributed by atoms with E-state index >= 15 is 4.39 Å². The lowest BCUT2D eigenvalue weighted by Gasteiger charge is -2.31. The third-order valence-corrected chi connectivity index (χ3v) is 5.99. The molecule has 1 aliphatic rings. The predicted molar refractivity (Wildman–Crippen MR) is 131 cm³/mol. The monoisotopic (exact) mass is 480 g/mol. The first-order chi connectivity index (χ1) is 16.9. The molecule has 8 heteroatoms. The number of urea groups is 1. The van der Waals surface area contributed by atoms with Crippen molar-refractivity contribution in [2.24, 2.45) is 0 Å². The highest BCUT2D eigenvalue weighted by Gasteiger charge is 2.34. The number of nitrogens with zero attached hydrogens (tertiary/aromatic N) is 2. The van der Waals surface area contributed by atoms with Crippen LogP contribution < -0.4 is 10.6 Å². The molecular weight excluding hydrogens is 447 g/mol. The van der Waals surface area contributed by atoms with Gasteiger partial charge in [0.05, 0.1) is 19.3 Å². The number of rotatable bonds is 10. The van der Waals surface area contributed by atoms with E-state index in [1.807, 2.05) is 60.7 Å². The zero-order chi connectivity index (χ0) is 25.1. The fourth-order valence-corrected chi connectivity index (χ4v) is 4.13. The largest absolute Gasteiger partial charge is 0.378 e. The van der Waals surface area contributed by atoms with Crippen molar-refractivity contribution in [2.75, 3.05) is 26.3 Å². The van der Waals surface area contributed by atoms with Crippen molar-refractivity contribution in [3.63, 3.8) is 0 Å². The van der Waals surface area contributed by atoms with E-state index in [1.54, 1.807) is 4.90 Å². The topological polar surface area (TPSA) is 94.5 Å². The zero-order valence-corrected chi connectivity index (χ0v) is 20.1. The molecule has 7 nitrogen and oxygen atoms in total. The van der Waals surface area contributed by atoms with E-state index < -0.39 is 29.7 Å². The van der Waals surface area contributed by atoms with Gasteiger partial charge in [-0.25, -0.2) is 9.18 Å². The van der Waals surface area contributed by atoms with Gasteiger partial charge in [0.2, 0.25) is 5.91 Å². The maximum atomic E-state index is 15.6. The summed E-state index contributed by atoms with van der Waals surface area (Å²) in [7, 11) is 0. The van der Waals surface area contributed by atoms with Crippen LogP contribution in [0.25, 0.3) is 0 Å². The molecule has 0 saturated carbocycles. The molecule has 1 fully saturated rings. The summed E-state index contributed by atoms with van der Waals surface area (Å²) in [5.41, 5.74) is 0.0978. The van der Waals surface area contributed by atoms with Crippen LogP contribution >= 0.6 is 0 Å². The molecule has 0 radical (unpaired) electrons. The molecule has 3 rings (SSSR count). The first-order valence-electron chi connectivity index (χ1n) is 12.0. The van der Waals surface area contributed by atoms with E-state index in [4.69, 9.17) is 4.74 Å². The number of benzene rings is 2. The minimum absolute atomic E-state index is 0.0979. The number of carbonyl (C=O) groups excluding carboxylic acids is 2. The first-order valence-corrected chi connectivity index (χ1v) is 12.0. The number of nitrogens with one attached hydrogen (secondary N) is 2.